The van der Waals surface area contributed by atoms with E-state index in [4.69, 9.17) is 9.47 Å². The summed E-state index contributed by atoms with van der Waals surface area (Å²) in [6.45, 7) is 3.79. The molecule has 2 aliphatic rings. The monoisotopic (exact) mass is 326 g/mol. The number of benzene rings is 1. The van der Waals surface area contributed by atoms with Crippen molar-refractivity contribution in [3.63, 3.8) is 0 Å². The van der Waals surface area contributed by atoms with Gasteiger partial charge in [0.2, 0.25) is 0 Å². The lowest BCUT2D eigenvalue weighted by atomic mass is 9.88. The molecule has 0 aliphatic carbocycles. The van der Waals surface area contributed by atoms with Gasteiger partial charge in [-0.1, -0.05) is 0 Å². The van der Waals surface area contributed by atoms with E-state index in [9.17, 15) is 4.79 Å². The van der Waals surface area contributed by atoms with Gasteiger partial charge in [0.1, 0.15) is 11.5 Å². The number of halogens is 1. The second kappa shape index (κ2) is 7.20. The lowest BCUT2D eigenvalue weighted by molar-refractivity contribution is 0.0639. The Morgan fingerprint density at radius 2 is 2.00 bits per heavy atom. The van der Waals surface area contributed by atoms with Gasteiger partial charge in [-0.05, 0) is 43.5 Å². The molecule has 1 aromatic rings. The first-order valence-electron chi connectivity index (χ1n) is 7.45. The molecule has 2 saturated heterocycles. The summed E-state index contributed by atoms with van der Waals surface area (Å²) >= 11 is 0. The highest BCUT2D eigenvalue weighted by atomic mass is 35.5. The highest BCUT2D eigenvalue weighted by Gasteiger charge is 2.35. The lowest BCUT2D eigenvalue weighted by Crippen LogP contribution is -2.43. The molecule has 1 amide bonds. The number of nitrogens with one attached hydrogen (secondary N) is 1. The van der Waals surface area contributed by atoms with Crippen molar-refractivity contribution in [2.75, 3.05) is 40.4 Å². The first-order valence-corrected chi connectivity index (χ1v) is 7.45. The van der Waals surface area contributed by atoms with Crippen LogP contribution < -0.4 is 14.8 Å². The molecular weight excluding hydrogens is 304 g/mol. The zero-order valence-corrected chi connectivity index (χ0v) is 13.8. The summed E-state index contributed by atoms with van der Waals surface area (Å²) in [6.07, 6.45) is 1.09. The van der Waals surface area contributed by atoms with Crippen LogP contribution in [0.5, 0.6) is 11.5 Å². The molecule has 2 aliphatic heterocycles. The maximum absolute atomic E-state index is 12.8. The average Bonchev–Trinajstić information content (AvgIpc) is 3.01. The van der Waals surface area contributed by atoms with Crippen LogP contribution in [0.3, 0.4) is 0 Å². The van der Waals surface area contributed by atoms with E-state index >= 15 is 0 Å². The summed E-state index contributed by atoms with van der Waals surface area (Å²) in [5.41, 5.74) is 0.614. The van der Waals surface area contributed by atoms with Gasteiger partial charge in [-0.2, -0.15) is 0 Å². The Morgan fingerprint density at radius 1 is 1.23 bits per heavy atom. The van der Waals surface area contributed by atoms with Crippen molar-refractivity contribution in [3.05, 3.63) is 23.8 Å². The van der Waals surface area contributed by atoms with Crippen LogP contribution >= 0.6 is 12.4 Å². The van der Waals surface area contributed by atoms with E-state index in [1.54, 1.807) is 32.4 Å². The summed E-state index contributed by atoms with van der Waals surface area (Å²) in [5, 5.41) is 3.42. The van der Waals surface area contributed by atoms with E-state index in [2.05, 4.69) is 5.32 Å². The number of carbonyl (C=O) groups excluding carboxylic acids is 1. The van der Waals surface area contributed by atoms with Crippen LogP contribution in [0.15, 0.2) is 18.2 Å². The average molecular weight is 327 g/mol. The van der Waals surface area contributed by atoms with E-state index in [0.29, 0.717) is 23.0 Å². The van der Waals surface area contributed by atoms with Gasteiger partial charge in [0.25, 0.3) is 5.91 Å². The standard InChI is InChI=1S/C16H22N2O3.ClH/c1-20-13-3-4-14(15(7-13)21-2)16(19)18-6-5-11-8-17-9-12(11)10-18;/h3-4,7,11-12,17H,5-6,8-10H2,1-2H3;1H. The highest BCUT2D eigenvalue weighted by molar-refractivity contribution is 5.97. The van der Waals surface area contributed by atoms with Crippen molar-refractivity contribution in [2.24, 2.45) is 11.8 Å². The van der Waals surface area contributed by atoms with Crippen molar-refractivity contribution in [3.8, 4) is 11.5 Å². The van der Waals surface area contributed by atoms with E-state index in [0.717, 1.165) is 38.5 Å². The maximum Gasteiger partial charge on any atom is 0.257 e. The number of rotatable bonds is 3. The smallest absolute Gasteiger partial charge is 0.257 e. The largest absolute Gasteiger partial charge is 0.497 e. The van der Waals surface area contributed by atoms with E-state index in [1.807, 2.05) is 4.90 Å². The first-order chi connectivity index (χ1) is 10.2. The number of nitrogens with zero attached hydrogens (tertiary/aromatic N) is 1. The normalized spacial score (nSPS) is 23.5. The van der Waals surface area contributed by atoms with E-state index < -0.39 is 0 Å². The molecule has 0 spiro atoms. The summed E-state index contributed by atoms with van der Waals surface area (Å²) in [4.78, 5) is 14.7. The molecule has 122 valence electrons. The third-order valence-electron chi connectivity index (χ3n) is 4.63. The van der Waals surface area contributed by atoms with Crippen molar-refractivity contribution in [1.29, 1.82) is 0 Å². The van der Waals surface area contributed by atoms with Gasteiger partial charge in [0.05, 0.1) is 19.8 Å². The molecule has 5 nitrogen and oxygen atoms in total. The third kappa shape index (κ3) is 3.15. The van der Waals surface area contributed by atoms with Gasteiger partial charge < -0.3 is 19.7 Å². The molecule has 2 unspecified atom stereocenters. The Balaban J connectivity index is 0.00000176. The van der Waals surface area contributed by atoms with Crippen LogP contribution in [0, 0.1) is 11.8 Å². The number of piperidine rings is 1. The summed E-state index contributed by atoms with van der Waals surface area (Å²) < 4.78 is 10.5. The van der Waals surface area contributed by atoms with Crippen LogP contribution in [-0.4, -0.2) is 51.2 Å². The molecule has 2 atom stereocenters. The molecule has 1 aromatic carbocycles. The summed E-state index contributed by atoms with van der Waals surface area (Å²) in [7, 11) is 3.19. The Hall–Kier alpha value is -1.46. The Morgan fingerprint density at radius 3 is 2.73 bits per heavy atom. The van der Waals surface area contributed by atoms with Crippen LogP contribution in [0.4, 0.5) is 0 Å². The fourth-order valence-corrected chi connectivity index (χ4v) is 3.36. The summed E-state index contributed by atoms with van der Waals surface area (Å²) in [5.74, 6) is 2.65. The number of amides is 1. The van der Waals surface area contributed by atoms with E-state index in [-0.39, 0.29) is 18.3 Å². The molecule has 3 rings (SSSR count). The number of carbonyl (C=O) groups is 1. The number of hydrogen-bond donors (Lipinski definition) is 1. The predicted octanol–water partition coefficient (Wildman–Crippen LogP) is 1.81. The lowest BCUT2D eigenvalue weighted by Gasteiger charge is -2.34. The molecule has 0 saturated carbocycles. The van der Waals surface area contributed by atoms with Crippen molar-refractivity contribution >= 4 is 18.3 Å². The summed E-state index contributed by atoms with van der Waals surface area (Å²) in [6, 6.07) is 5.36. The van der Waals surface area contributed by atoms with Gasteiger partial charge in [-0.15, -0.1) is 12.4 Å². The topological polar surface area (TPSA) is 50.8 Å². The van der Waals surface area contributed by atoms with Gasteiger partial charge in [0, 0.05) is 19.2 Å². The van der Waals surface area contributed by atoms with Crippen molar-refractivity contribution < 1.29 is 14.3 Å². The minimum absolute atomic E-state index is 0. The van der Waals surface area contributed by atoms with Gasteiger partial charge >= 0.3 is 0 Å². The number of hydrogen-bond acceptors (Lipinski definition) is 4. The fourth-order valence-electron chi connectivity index (χ4n) is 3.36. The number of fused-ring (bicyclic) bond motifs is 1. The molecule has 2 fully saturated rings. The quantitative estimate of drug-likeness (QED) is 0.920. The second-order valence-electron chi connectivity index (χ2n) is 5.78. The van der Waals surface area contributed by atoms with Crippen LogP contribution in [0.25, 0.3) is 0 Å². The number of methoxy groups -OCH3 is 2. The zero-order valence-electron chi connectivity index (χ0n) is 13.0. The predicted molar refractivity (Wildman–Crippen MR) is 87.2 cm³/mol. The Kier molecular flexibility index (Phi) is 5.53. The van der Waals surface area contributed by atoms with Gasteiger partial charge in [-0.3, -0.25) is 4.79 Å². The minimum atomic E-state index is 0. The van der Waals surface area contributed by atoms with Gasteiger partial charge in [0.15, 0.2) is 0 Å². The number of likely N-dealkylation sites (tertiary alicyclic amines) is 1. The molecule has 0 radical (unpaired) electrons. The maximum atomic E-state index is 12.8. The molecule has 1 N–H and O–H groups in total. The van der Waals surface area contributed by atoms with E-state index in [1.165, 1.54) is 0 Å². The van der Waals surface area contributed by atoms with Crippen molar-refractivity contribution in [1.82, 2.24) is 10.2 Å². The highest BCUT2D eigenvalue weighted by Crippen LogP contribution is 2.30. The van der Waals surface area contributed by atoms with Crippen LogP contribution in [0.2, 0.25) is 0 Å². The van der Waals surface area contributed by atoms with Gasteiger partial charge in [-0.25, -0.2) is 0 Å². The molecule has 0 bridgehead atoms. The molecule has 0 aromatic heterocycles. The molecular formula is C16H23ClN2O3. The third-order valence-corrected chi connectivity index (χ3v) is 4.63. The zero-order chi connectivity index (χ0) is 14.8. The molecule has 6 heteroatoms. The van der Waals surface area contributed by atoms with Crippen LogP contribution in [-0.2, 0) is 0 Å². The van der Waals surface area contributed by atoms with Crippen LogP contribution in [0.1, 0.15) is 16.8 Å². The Bertz CT molecular complexity index is 538. The fraction of sp³-hybridized carbons (Fsp3) is 0.562. The second-order valence-corrected chi connectivity index (χ2v) is 5.78. The molecule has 2 heterocycles. The SMILES string of the molecule is COc1ccc(C(=O)N2CCC3CNCC3C2)c(OC)c1.Cl. The first kappa shape index (κ1) is 16.9. The Labute approximate surface area is 137 Å². The number of ether oxygens (including phenoxy) is 2. The van der Waals surface area contributed by atoms with Crippen molar-refractivity contribution in [2.45, 2.75) is 6.42 Å². The minimum Gasteiger partial charge on any atom is -0.497 e. The molecule has 22 heavy (non-hydrogen) atoms.